The van der Waals surface area contributed by atoms with Gasteiger partial charge < -0.3 is 4.90 Å². The van der Waals surface area contributed by atoms with Crippen molar-refractivity contribution in [1.29, 1.82) is 0 Å². The molecule has 4 rings (SSSR count). The minimum absolute atomic E-state index is 0.0369. The monoisotopic (exact) mass is 386 g/mol. The Morgan fingerprint density at radius 2 is 2.00 bits per heavy atom. The van der Waals surface area contributed by atoms with E-state index in [0.717, 1.165) is 41.0 Å². The van der Waals surface area contributed by atoms with E-state index in [4.69, 9.17) is 4.98 Å². The predicted octanol–water partition coefficient (Wildman–Crippen LogP) is 5.28. The number of rotatable bonds is 4. The van der Waals surface area contributed by atoms with Crippen molar-refractivity contribution >= 4 is 39.2 Å². The number of halogens is 1. The van der Waals surface area contributed by atoms with Gasteiger partial charge in [0.25, 0.3) is 0 Å². The molecule has 0 spiro atoms. The van der Waals surface area contributed by atoms with Gasteiger partial charge in [0.15, 0.2) is 0 Å². The summed E-state index contributed by atoms with van der Waals surface area (Å²) in [4.78, 5) is 20.1. The summed E-state index contributed by atoms with van der Waals surface area (Å²) in [7, 11) is 0. The van der Waals surface area contributed by atoms with Crippen LogP contribution >= 0.6 is 23.1 Å². The average Bonchev–Trinajstić information content (AvgIpc) is 3.11. The lowest BCUT2D eigenvalue weighted by Crippen LogP contribution is -2.39. The summed E-state index contributed by atoms with van der Waals surface area (Å²) in [5, 5.41) is 1.01. The molecule has 2 heterocycles. The SMILES string of the molecule is O=C(CSc1ccccc1F)N1CCCCC1c1nc2ccccc2s1. The number of para-hydroxylation sites is 1. The number of nitrogens with zero attached hydrogens (tertiary/aromatic N) is 2. The Bertz CT molecular complexity index is 894. The van der Waals surface area contributed by atoms with Gasteiger partial charge in [-0.3, -0.25) is 4.79 Å². The Morgan fingerprint density at radius 3 is 2.85 bits per heavy atom. The Balaban J connectivity index is 1.51. The van der Waals surface area contributed by atoms with Gasteiger partial charge in [0.2, 0.25) is 5.91 Å². The van der Waals surface area contributed by atoms with Crippen LogP contribution in [-0.2, 0) is 4.79 Å². The number of hydrogen-bond acceptors (Lipinski definition) is 4. The smallest absolute Gasteiger partial charge is 0.233 e. The molecule has 0 aliphatic carbocycles. The highest BCUT2D eigenvalue weighted by molar-refractivity contribution is 8.00. The van der Waals surface area contributed by atoms with E-state index in [9.17, 15) is 9.18 Å². The largest absolute Gasteiger partial charge is 0.332 e. The van der Waals surface area contributed by atoms with Crippen molar-refractivity contribution in [1.82, 2.24) is 9.88 Å². The highest BCUT2D eigenvalue weighted by Gasteiger charge is 2.30. The Hall–Kier alpha value is -1.92. The molecule has 6 heteroatoms. The molecular formula is C20H19FN2OS2. The second-order valence-electron chi connectivity index (χ2n) is 6.34. The lowest BCUT2D eigenvalue weighted by atomic mass is 10.0. The number of carbonyl (C=O) groups is 1. The van der Waals surface area contributed by atoms with E-state index < -0.39 is 0 Å². The standard InChI is InChI=1S/C20H19FN2OS2/c21-14-7-1-3-10-17(14)25-13-19(24)23-12-6-5-9-16(23)20-22-15-8-2-4-11-18(15)26-20/h1-4,7-8,10-11,16H,5-6,9,12-13H2. The third-order valence-corrected chi connectivity index (χ3v) is 6.78. The molecule has 3 nitrogen and oxygen atoms in total. The highest BCUT2D eigenvalue weighted by atomic mass is 32.2. The van der Waals surface area contributed by atoms with Crippen molar-refractivity contribution in [3.63, 3.8) is 0 Å². The van der Waals surface area contributed by atoms with Crippen LogP contribution in [0.4, 0.5) is 4.39 Å². The molecule has 134 valence electrons. The van der Waals surface area contributed by atoms with Gasteiger partial charge in [-0.25, -0.2) is 9.37 Å². The molecule has 0 radical (unpaired) electrons. The van der Waals surface area contributed by atoms with E-state index >= 15 is 0 Å². The maximum absolute atomic E-state index is 13.8. The van der Waals surface area contributed by atoms with Gasteiger partial charge in [0, 0.05) is 11.4 Å². The number of benzene rings is 2. The molecule has 1 amide bonds. The van der Waals surface area contributed by atoms with E-state index in [1.54, 1.807) is 29.5 Å². The summed E-state index contributed by atoms with van der Waals surface area (Å²) in [5.74, 6) is 0.0383. The fraction of sp³-hybridized carbons (Fsp3) is 0.300. The molecule has 1 aliphatic rings. The van der Waals surface area contributed by atoms with Gasteiger partial charge in [0.1, 0.15) is 10.8 Å². The predicted molar refractivity (Wildman–Crippen MR) is 105 cm³/mol. The molecule has 0 N–H and O–H groups in total. The number of amides is 1. The average molecular weight is 387 g/mol. The number of thiazole rings is 1. The number of carbonyl (C=O) groups excluding carboxylic acids is 1. The molecule has 1 fully saturated rings. The molecular weight excluding hydrogens is 367 g/mol. The van der Waals surface area contributed by atoms with E-state index in [-0.39, 0.29) is 23.5 Å². The van der Waals surface area contributed by atoms with E-state index in [2.05, 4.69) is 6.07 Å². The maximum atomic E-state index is 13.8. The maximum Gasteiger partial charge on any atom is 0.233 e. The van der Waals surface area contributed by atoms with Gasteiger partial charge in [-0.1, -0.05) is 24.3 Å². The second kappa shape index (κ2) is 7.76. The number of piperidine rings is 1. The molecule has 26 heavy (non-hydrogen) atoms. The van der Waals surface area contributed by atoms with Crippen LogP contribution in [0.5, 0.6) is 0 Å². The van der Waals surface area contributed by atoms with E-state index in [1.807, 2.05) is 23.1 Å². The topological polar surface area (TPSA) is 33.2 Å². The van der Waals surface area contributed by atoms with Crippen molar-refractivity contribution in [2.45, 2.75) is 30.2 Å². The summed E-state index contributed by atoms with van der Waals surface area (Å²) < 4.78 is 14.9. The summed E-state index contributed by atoms with van der Waals surface area (Å²) in [6.45, 7) is 0.747. The molecule has 1 atom stereocenters. The lowest BCUT2D eigenvalue weighted by molar-refractivity contribution is -0.132. The van der Waals surface area contributed by atoms with Gasteiger partial charge in [-0.2, -0.15) is 0 Å². The fourth-order valence-corrected chi connectivity index (χ4v) is 5.24. The van der Waals surface area contributed by atoms with Crippen LogP contribution in [0.25, 0.3) is 10.2 Å². The first-order chi connectivity index (χ1) is 12.7. The van der Waals surface area contributed by atoms with Crippen molar-refractivity contribution in [3.05, 3.63) is 59.4 Å². The minimum atomic E-state index is -0.272. The Morgan fingerprint density at radius 1 is 1.19 bits per heavy atom. The zero-order valence-electron chi connectivity index (χ0n) is 14.2. The van der Waals surface area contributed by atoms with Crippen molar-refractivity contribution < 1.29 is 9.18 Å². The first-order valence-corrected chi connectivity index (χ1v) is 10.5. The lowest BCUT2D eigenvalue weighted by Gasteiger charge is -2.34. The molecule has 1 saturated heterocycles. The molecule has 1 aliphatic heterocycles. The van der Waals surface area contributed by atoms with Crippen LogP contribution in [0, 0.1) is 5.82 Å². The van der Waals surface area contributed by atoms with Crippen LogP contribution in [0.2, 0.25) is 0 Å². The molecule has 0 bridgehead atoms. The summed E-state index contributed by atoms with van der Waals surface area (Å²) in [5.41, 5.74) is 0.992. The quantitative estimate of drug-likeness (QED) is 0.572. The molecule has 2 aromatic carbocycles. The third-order valence-electron chi connectivity index (χ3n) is 4.61. The van der Waals surface area contributed by atoms with Crippen molar-refractivity contribution in [3.8, 4) is 0 Å². The summed E-state index contributed by atoms with van der Waals surface area (Å²) >= 11 is 2.94. The third kappa shape index (κ3) is 3.62. The zero-order chi connectivity index (χ0) is 17.9. The molecule has 0 saturated carbocycles. The van der Waals surface area contributed by atoms with Crippen LogP contribution in [-0.4, -0.2) is 28.1 Å². The first-order valence-electron chi connectivity index (χ1n) is 8.74. The van der Waals surface area contributed by atoms with Gasteiger partial charge in [-0.15, -0.1) is 23.1 Å². The van der Waals surface area contributed by atoms with Crippen molar-refractivity contribution in [2.24, 2.45) is 0 Å². The first kappa shape index (κ1) is 17.5. The van der Waals surface area contributed by atoms with Crippen LogP contribution in [0.15, 0.2) is 53.4 Å². The summed E-state index contributed by atoms with van der Waals surface area (Å²) in [6, 6.07) is 14.7. The number of likely N-dealkylation sites (tertiary alicyclic amines) is 1. The Labute approximate surface area is 160 Å². The second-order valence-corrected chi connectivity index (χ2v) is 8.42. The van der Waals surface area contributed by atoms with Crippen molar-refractivity contribution in [2.75, 3.05) is 12.3 Å². The minimum Gasteiger partial charge on any atom is -0.332 e. The normalized spacial score (nSPS) is 17.6. The molecule has 3 aromatic rings. The molecule has 1 aromatic heterocycles. The zero-order valence-corrected chi connectivity index (χ0v) is 15.9. The van der Waals surface area contributed by atoms with Gasteiger partial charge in [0.05, 0.1) is 22.0 Å². The number of fused-ring (bicyclic) bond motifs is 1. The number of thioether (sulfide) groups is 1. The number of aromatic nitrogens is 1. The van der Waals surface area contributed by atoms with Crippen LogP contribution in [0.1, 0.15) is 30.3 Å². The summed E-state index contributed by atoms with van der Waals surface area (Å²) in [6.07, 6.45) is 3.05. The fourth-order valence-electron chi connectivity index (χ4n) is 3.30. The van der Waals surface area contributed by atoms with E-state index in [1.165, 1.54) is 17.8 Å². The number of hydrogen-bond donors (Lipinski definition) is 0. The van der Waals surface area contributed by atoms with Gasteiger partial charge >= 0.3 is 0 Å². The van der Waals surface area contributed by atoms with E-state index in [0.29, 0.717) is 4.90 Å². The highest BCUT2D eigenvalue weighted by Crippen LogP contribution is 2.36. The van der Waals surface area contributed by atoms with Crippen LogP contribution < -0.4 is 0 Å². The van der Waals surface area contributed by atoms with Gasteiger partial charge in [-0.05, 0) is 43.5 Å². The molecule has 1 unspecified atom stereocenters. The Kier molecular flexibility index (Phi) is 5.22. The van der Waals surface area contributed by atoms with Crippen LogP contribution in [0.3, 0.4) is 0 Å².